The van der Waals surface area contributed by atoms with Gasteiger partial charge >= 0.3 is 0 Å². The second kappa shape index (κ2) is 7.80. The third-order valence-electron chi connectivity index (χ3n) is 3.99. The Morgan fingerprint density at radius 3 is 2.74 bits per heavy atom. The molecule has 5 nitrogen and oxygen atoms in total. The van der Waals surface area contributed by atoms with Crippen molar-refractivity contribution in [2.45, 2.75) is 18.4 Å². The second-order valence-electron chi connectivity index (χ2n) is 5.71. The van der Waals surface area contributed by atoms with Gasteiger partial charge in [0.25, 0.3) is 5.91 Å². The van der Waals surface area contributed by atoms with Crippen LogP contribution in [0.25, 0.3) is 10.2 Å². The molecule has 3 rings (SSSR count). The Kier molecular flexibility index (Phi) is 5.64. The maximum Gasteiger partial charge on any atom is 0.280 e. The zero-order chi connectivity index (χ0) is 19.6. The fraction of sp³-hybridized carbons (Fsp3) is 0.158. The van der Waals surface area contributed by atoms with Gasteiger partial charge in [-0.1, -0.05) is 48.1 Å². The van der Waals surface area contributed by atoms with Crippen LogP contribution in [0.5, 0.6) is 0 Å². The van der Waals surface area contributed by atoms with Crippen molar-refractivity contribution in [1.29, 1.82) is 0 Å². The van der Waals surface area contributed by atoms with Crippen molar-refractivity contribution in [3.8, 4) is 0 Å². The number of carbonyl (C=O) groups excluding carboxylic acids is 1. The summed E-state index contributed by atoms with van der Waals surface area (Å²) in [5.41, 5.74) is 0.949. The number of halogens is 1. The predicted molar refractivity (Wildman–Crippen MR) is 109 cm³/mol. The second-order valence-corrected chi connectivity index (χ2v) is 9.40. The Bertz CT molecular complexity index is 1210. The number of aromatic nitrogens is 1. The van der Waals surface area contributed by atoms with Crippen molar-refractivity contribution >= 4 is 48.9 Å². The number of amides is 1. The fourth-order valence-electron chi connectivity index (χ4n) is 2.66. The lowest BCUT2D eigenvalue weighted by molar-refractivity contribution is 0.0994. The minimum atomic E-state index is -3.53. The highest BCUT2D eigenvalue weighted by atomic mass is 35.5. The number of hydrogen-bond acceptors (Lipinski definition) is 4. The third kappa shape index (κ3) is 3.90. The van der Waals surface area contributed by atoms with E-state index in [1.807, 2.05) is 10.6 Å². The van der Waals surface area contributed by atoms with Crippen LogP contribution in [0.4, 0.5) is 0 Å². The lowest BCUT2D eigenvalue weighted by Crippen LogP contribution is -2.17. The summed E-state index contributed by atoms with van der Waals surface area (Å²) in [6.07, 6.45) is 1.71. The topological polar surface area (TPSA) is 68.5 Å². The quantitative estimate of drug-likeness (QED) is 0.584. The zero-order valence-electron chi connectivity index (χ0n) is 14.6. The van der Waals surface area contributed by atoms with E-state index in [4.69, 9.17) is 11.6 Å². The molecule has 0 aliphatic carbocycles. The molecular weight excluding hydrogens is 404 g/mol. The Morgan fingerprint density at radius 1 is 1.30 bits per heavy atom. The first-order valence-electron chi connectivity index (χ1n) is 8.18. The number of benzene rings is 2. The highest BCUT2D eigenvalue weighted by molar-refractivity contribution is 7.91. The molecule has 0 unspecified atom stereocenters. The van der Waals surface area contributed by atoms with E-state index in [2.05, 4.69) is 11.6 Å². The fourth-order valence-corrected chi connectivity index (χ4v) is 5.06. The van der Waals surface area contributed by atoms with Crippen molar-refractivity contribution in [2.24, 2.45) is 4.99 Å². The smallest absolute Gasteiger partial charge is 0.280 e. The maximum absolute atomic E-state index is 12.8. The van der Waals surface area contributed by atoms with Crippen molar-refractivity contribution in [3.05, 3.63) is 70.5 Å². The number of nitrogens with zero attached hydrogens (tertiary/aromatic N) is 2. The molecule has 8 heteroatoms. The van der Waals surface area contributed by atoms with Crippen molar-refractivity contribution in [2.75, 3.05) is 5.75 Å². The van der Waals surface area contributed by atoms with Gasteiger partial charge in [-0.2, -0.15) is 4.99 Å². The van der Waals surface area contributed by atoms with Gasteiger partial charge in [-0.3, -0.25) is 4.79 Å². The number of carbonyl (C=O) groups is 1. The number of fused-ring (bicyclic) bond motifs is 1. The van der Waals surface area contributed by atoms with E-state index in [0.717, 1.165) is 10.2 Å². The molecule has 0 saturated carbocycles. The van der Waals surface area contributed by atoms with Crippen molar-refractivity contribution in [3.63, 3.8) is 0 Å². The number of sulfone groups is 1. The van der Waals surface area contributed by atoms with Crippen LogP contribution in [0.1, 0.15) is 17.3 Å². The van der Waals surface area contributed by atoms with E-state index < -0.39 is 15.7 Å². The minimum absolute atomic E-state index is 0.000626. The van der Waals surface area contributed by atoms with Crippen LogP contribution in [0.15, 0.2) is 65.0 Å². The summed E-state index contributed by atoms with van der Waals surface area (Å²) < 4.78 is 27.3. The largest absolute Gasteiger partial charge is 0.312 e. The third-order valence-corrected chi connectivity index (χ3v) is 7.05. The molecule has 0 saturated heterocycles. The number of allylic oxidation sites excluding steroid dienone is 1. The lowest BCUT2D eigenvalue weighted by atomic mass is 10.2. The zero-order valence-corrected chi connectivity index (χ0v) is 16.9. The molecule has 140 valence electrons. The van der Waals surface area contributed by atoms with E-state index in [1.165, 1.54) is 23.5 Å². The summed E-state index contributed by atoms with van der Waals surface area (Å²) in [6.45, 7) is 5.75. The van der Waals surface area contributed by atoms with Gasteiger partial charge in [-0.15, -0.1) is 6.58 Å². The highest BCUT2D eigenvalue weighted by Crippen LogP contribution is 2.22. The van der Waals surface area contributed by atoms with Crippen LogP contribution in [-0.4, -0.2) is 24.6 Å². The summed E-state index contributed by atoms with van der Waals surface area (Å²) in [5, 5.41) is 0.590. The molecule has 1 amide bonds. The Labute approximate surface area is 166 Å². The van der Waals surface area contributed by atoms with Crippen molar-refractivity contribution < 1.29 is 13.2 Å². The standard InChI is InChI=1S/C19H17ClN2O3S2/c1-3-11-22-15-10-9-13(20)12-16(15)26-19(22)21-18(23)14-7-5-6-8-17(14)27(24,25)4-2/h3,5-10,12H,1,4,11H2,2H3. The molecule has 0 N–H and O–H groups in total. The van der Waals surface area contributed by atoms with Gasteiger partial charge in [0.2, 0.25) is 0 Å². The summed E-state index contributed by atoms with van der Waals surface area (Å²) >= 11 is 7.37. The molecule has 0 aliphatic heterocycles. The van der Waals surface area contributed by atoms with Gasteiger partial charge in [0.15, 0.2) is 14.6 Å². The molecule has 0 aliphatic rings. The number of hydrogen-bond donors (Lipinski definition) is 0. The van der Waals surface area contributed by atoms with Crippen molar-refractivity contribution in [1.82, 2.24) is 4.57 Å². The van der Waals surface area contributed by atoms with Crippen LogP contribution in [0.3, 0.4) is 0 Å². The molecule has 0 spiro atoms. The lowest BCUT2D eigenvalue weighted by Gasteiger charge is -2.06. The number of thiazole rings is 1. The predicted octanol–water partition coefficient (Wildman–Crippen LogP) is 4.08. The summed E-state index contributed by atoms with van der Waals surface area (Å²) in [6, 6.07) is 11.6. The molecule has 1 heterocycles. The molecule has 0 bridgehead atoms. The average Bonchev–Trinajstić information content (AvgIpc) is 2.98. The van der Waals surface area contributed by atoms with E-state index in [1.54, 1.807) is 37.3 Å². The molecule has 2 aromatic carbocycles. The molecule has 27 heavy (non-hydrogen) atoms. The van der Waals surface area contributed by atoms with Gasteiger partial charge in [-0.25, -0.2) is 8.42 Å². The summed E-state index contributed by atoms with van der Waals surface area (Å²) in [5.74, 6) is -0.687. The monoisotopic (exact) mass is 420 g/mol. The summed E-state index contributed by atoms with van der Waals surface area (Å²) in [4.78, 5) is 17.5. The van der Waals surface area contributed by atoms with Gasteiger partial charge in [0.1, 0.15) is 0 Å². The van der Waals surface area contributed by atoms with E-state index in [0.29, 0.717) is 16.4 Å². The van der Waals surface area contributed by atoms with Gasteiger partial charge in [0, 0.05) is 11.6 Å². The first kappa shape index (κ1) is 19.5. The minimum Gasteiger partial charge on any atom is -0.312 e. The molecular formula is C19H17ClN2O3S2. The van der Waals surface area contributed by atoms with Crippen LogP contribution >= 0.6 is 22.9 Å². The average molecular weight is 421 g/mol. The Morgan fingerprint density at radius 2 is 2.04 bits per heavy atom. The van der Waals surface area contributed by atoms with Gasteiger partial charge in [-0.05, 0) is 30.3 Å². The summed E-state index contributed by atoms with van der Waals surface area (Å²) in [7, 11) is -3.53. The van der Waals surface area contributed by atoms with E-state index in [-0.39, 0.29) is 16.2 Å². The van der Waals surface area contributed by atoms with Crippen LogP contribution in [0.2, 0.25) is 5.02 Å². The van der Waals surface area contributed by atoms with Crippen LogP contribution in [0, 0.1) is 0 Å². The first-order valence-corrected chi connectivity index (χ1v) is 11.0. The van der Waals surface area contributed by atoms with Crippen LogP contribution < -0.4 is 4.80 Å². The highest BCUT2D eigenvalue weighted by Gasteiger charge is 2.20. The van der Waals surface area contributed by atoms with Gasteiger partial charge in [0.05, 0.1) is 26.4 Å². The maximum atomic E-state index is 12.8. The molecule has 0 atom stereocenters. The SMILES string of the molecule is C=CCn1c(=NC(=O)c2ccccc2S(=O)(=O)CC)sc2cc(Cl)ccc21. The molecule has 0 fully saturated rings. The number of rotatable bonds is 5. The van der Waals surface area contributed by atoms with Crippen LogP contribution in [-0.2, 0) is 16.4 Å². The van der Waals surface area contributed by atoms with E-state index >= 15 is 0 Å². The van der Waals surface area contributed by atoms with E-state index in [9.17, 15) is 13.2 Å². The normalized spacial score (nSPS) is 12.4. The van der Waals surface area contributed by atoms with Gasteiger partial charge < -0.3 is 4.57 Å². The Hall–Kier alpha value is -2.22. The molecule has 1 aromatic heterocycles. The molecule has 0 radical (unpaired) electrons. The first-order chi connectivity index (χ1) is 12.9. The molecule has 3 aromatic rings. The Balaban J connectivity index is 2.20.